The van der Waals surface area contributed by atoms with E-state index in [9.17, 15) is 18.4 Å². The van der Waals surface area contributed by atoms with Gasteiger partial charge in [0.25, 0.3) is 16.8 Å². The van der Waals surface area contributed by atoms with Crippen molar-refractivity contribution in [1.82, 2.24) is 9.55 Å². The Hall–Kier alpha value is -2.22. The molecule has 2 aromatic heterocycles. The van der Waals surface area contributed by atoms with Gasteiger partial charge in [-0.2, -0.15) is 0 Å². The standard InChI is InChI=1S/C11H8ClF2N3O3/c12-11-15-4-8(20-11)9(18)16-6-3-7(14)10(19)17(5-6)2-1-13/h3-5H,1-2H2,(H,16,18). The van der Waals surface area contributed by atoms with Gasteiger partial charge in [0.2, 0.25) is 5.76 Å². The second-order valence-corrected chi connectivity index (χ2v) is 4.02. The van der Waals surface area contributed by atoms with Crippen LogP contribution in [0.15, 0.2) is 27.7 Å². The van der Waals surface area contributed by atoms with E-state index in [1.54, 1.807) is 0 Å². The normalized spacial score (nSPS) is 10.6. The molecule has 0 aliphatic carbocycles. The monoisotopic (exact) mass is 303 g/mol. The maximum Gasteiger partial charge on any atom is 0.293 e. The zero-order valence-corrected chi connectivity index (χ0v) is 10.7. The number of aromatic nitrogens is 2. The van der Waals surface area contributed by atoms with Crippen molar-refractivity contribution in [3.8, 4) is 0 Å². The van der Waals surface area contributed by atoms with E-state index in [1.807, 2.05) is 0 Å². The number of halogens is 3. The molecular weight excluding hydrogens is 296 g/mol. The molecule has 2 aromatic rings. The van der Waals surface area contributed by atoms with Gasteiger partial charge < -0.3 is 14.3 Å². The van der Waals surface area contributed by atoms with Gasteiger partial charge in [0, 0.05) is 12.3 Å². The fourth-order valence-electron chi connectivity index (χ4n) is 1.48. The molecule has 106 valence electrons. The molecule has 0 saturated heterocycles. The van der Waals surface area contributed by atoms with E-state index in [1.165, 1.54) is 0 Å². The first-order chi connectivity index (χ1) is 9.51. The van der Waals surface area contributed by atoms with Crippen LogP contribution in [0, 0.1) is 5.82 Å². The summed E-state index contributed by atoms with van der Waals surface area (Å²) in [6.07, 6.45) is 2.21. The van der Waals surface area contributed by atoms with Crippen LogP contribution in [0.5, 0.6) is 0 Å². The predicted octanol–water partition coefficient (Wildman–Crippen LogP) is 1.85. The first kappa shape index (κ1) is 14.2. The number of oxazole rings is 1. The summed E-state index contributed by atoms with van der Waals surface area (Å²) in [5, 5.41) is 2.07. The van der Waals surface area contributed by atoms with Gasteiger partial charge in [0.1, 0.15) is 6.67 Å². The molecule has 0 aromatic carbocycles. The molecule has 0 fully saturated rings. The molecule has 1 N–H and O–H groups in total. The maximum atomic E-state index is 13.4. The molecule has 0 atom stereocenters. The van der Waals surface area contributed by atoms with E-state index in [2.05, 4.69) is 10.3 Å². The van der Waals surface area contributed by atoms with Gasteiger partial charge in [-0.05, 0) is 11.6 Å². The van der Waals surface area contributed by atoms with E-state index >= 15 is 0 Å². The third-order valence-corrected chi connectivity index (χ3v) is 2.50. The topological polar surface area (TPSA) is 77.1 Å². The van der Waals surface area contributed by atoms with Crippen LogP contribution in [0.25, 0.3) is 0 Å². The summed E-state index contributed by atoms with van der Waals surface area (Å²) >= 11 is 5.42. The van der Waals surface area contributed by atoms with Gasteiger partial charge in [-0.1, -0.05) is 0 Å². The van der Waals surface area contributed by atoms with Crippen molar-refractivity contribution < 1.29 is 18.0 Å². The number of anilines is 1. The molecule has 6 nitrogen and oxygen atoms in total. The van der Waals surface area contributed by atoms with Crippen molar-refractivity contribution >= 4 is 23.2 Å². The molecule has 0 unspecified atom stereocenters. The number of carbonyl (C=O) groups is 1. The third kappa shape index (κ3) is 3.02. The van der Waals surface area contributed by atoms with Crippen molar-refractivity contribution in [2.75, 3.05) is 12.0 Å². The van der Waals surface area contributed by atoms with Crippen LogP contribution in [0.2, 0.25) is 5.35 Å². The lowest BCUT2D eigenvalue weighted by Crippen LogP contribution is -2.24. The van der Waals surface area contributed by atoms with Gasteiger partial charge in [0.05, 0.1) is 18.4 Å². The number of alkyl halides is 1. The number of aryl methyl sites for hydroxylation is 1. The van der Waals surface area contributed by atoms with Crippen molar-refractivity contribution in [2.45, 2.75) is 6.54 Å². The van der Waals surface area contributed by atoms with Crippen LogP contribution in [-0.2, 0) is 6.54 Å². The lowest BCUT2D eigenvalue weighted by molar-refractivity contribution is 0.0996. The van der Waals surface area contributed by atoms with Gasteiger partial charge in [-0.3, -0.25) is 9.59 Å². The Kier molecular flexibility index (Phi) is 4.14. The number of nitrogens with one attached hydrogen (secondary N) is 1. The molecule has 1 amide bonds. The van der Waals surface area contributed by atoms with Gasteiger partial charge >= 0.3 is 0 Å². The summed E-state index contributed by atoms with van der Waals surface area (Å²) in [7, 11) is 0. The van der Waals surface area contributed by atoms with Crippen LogP contribution in [0.4, 0.5) is 14.5 Å². The summed E-state index contributed by atoms with van der Waals surface area (Å²) in [5.74, 6) is -2.01. The molecule has 0 aliphatic heterocycles. The molecular formula is C11H8ClF2N3O3. The quantitative estimate of drug-likeness (QED) is 0.935. The Morgan fingerprint density at radius 1 is 1.55 bits per heavy atom. The Labute approximate surface area is 116 Å². The van der Waals surface area contributed by atoms with Crippen LogP contribution >= 0.6 is 11.6 Å². The zero-order valence-electron chi connectivity index (χ0n) is 9.90. The van der Waals surface area contributed by atoms with Crippen LogP contribution in [0.1, 0.15) is 10.6 Å². The highest BCUT2D eigenvalue weighted by atomic mass is 35.5. The first-order valence-electron chi connectivity index (χ1n) is 5.40. The third-order valence-electron chi connectivity index (χ3n) is 2.33. The molecule has 0 spiro atoms. The van der Waals surface area contributed by atoms with Gasteiger partial charge in [0.15, 0.2) is 5.82 Å². The lowest BCUT2D eigenvalue weighted by atomic mass is 10.3. The Morgan fingerprint density at radius 2 is 2.30 bits per heavy atom. The molecule has 0 saturated carbocycles. The van der Waals surface area contributed by atoms with Crippen LogP contribution < -0.4 is 10.9 Å². The van der Waals surface area contributed by atoms with Gasteiger partial charge in [-0.15, -0.1) is 0 Å². The molecule has 2 heterocycles. The minimum atomic E-state index is -1.10. The van der Waals surface area contributed by atoms with Gasteiger partial charge in [-0.25, -0.2) is 13.8 Å². The molecule has 20 heavy (non-hydrogen) atoms. The molecule has 0 aliphatic rings. The second kappa shape index (κ2) is 5.83. The molecule has 9 heteroatoms. The SMILES string of the molecule is O=C(Nc1cc(F)c(=O)n(CCF)c1)c1cnc(Cl)o1. The number of amides is 1. The molecule has 2 rings (SSSR count). The van der Waals surface area contributed by atoms with E-state index in [4.69, 9.17) is 16.0 Å². The van der Waals surface area contributed by atoms with Crippen LogP contribution in [0.3, 0.4) is 0 Å². The highest BCUT2D eigenvalue weighted by molar-refractivity contribution is 6.27. The van der Waals surface area contributed by atoms with Crippen molar-refractivity contribution in [2.24, 2.45) is 0 Å². The Morgan fingerprint density at radius 3 is 2.90 bits per heavy atom. The first-order valence-corrected chi connectivity index (χ1v) is 5.77. The van der Waals surface area contributed by atoms with Crippen LogP contribution in [-0.4, -0.2) is 22.1 Å². The summed E-state index contributed by atoms with van der Waals surface area (Å²) in [6.45, 7) is -1.15. The van der Waals surface area contributed by atoms with E-state index in [-0.39, 0.29) is 23.3 Å². The van der Waals surface area contributed by atoms with Crippen molar-refractivity contribution in [3.05, 3.63) is 45.7 Å². The fraction of sp³-hybridized carbons (Fsp3) is 0.182. The Balaban J connectivity index is 2.25. The highest BCUT2D eigenvalue weighted by Crippen LogP contribution is 2.12. The van der Waals surface area contributed by atoms with E-state index < -0.39 is 24.0 Å². The fourth-order valence-corrected chi connectivity index (χ4v) is 1.61. The van der Waals surface area contributed by atoms with Crippen molar-refractivity contribution in [1.29, 1.82) is 0 Å². The maximum absolute atomic E-state index is 13.4. The number of nitrogens with zero attached hydrogens (tertiary/aromatic N) is 2. The largest absolute Gasteiger partial charge is 0.422 e. The number of carbonyl (C=O) groups excluding carboxylic acids is 1. The lowest BCUT2D eigenvalue weighted by Gasteiger charge is -2.07. The second-order valence-electron chi connectivity index (χ2n) is 3.70. The Bertz CT molecular complexity index is 698. The van der Waals surface area contributed by atoms with Crippen molar-refractivity contribution in [3.63, 3.8) is 0 Å². The molecule has 0 radical (unpaired) electrons. The number of hydrogen-bond donors (Lipinski definition) is 1. The smallest absolute Gasteiger partial charge is 0.293 e. The minimum absolute atomic E-state index is 0.0203. The summed E-state index contributed by atoms with van der Waals surface area (Å²) in [4.78, 5) is 26.6. The summed E-state index contributed by atoms with van der Waals surface area (Å²) in [5.41, 5.74) is -0.989. The van der Waals surface area contributed by atoms with E-state index in [0.717, 1.165) is 23.0 Å². The summed E-state index contributed by atoms with van der Waals surface area (Å²) < 4.78 is 31.2. The predicted molar refractivity (Wildman–Crippen MR) is 66.1 cm³/mol. The minimum Gasteiger partial charge on any atom is -0.422 e. The van der Waals surface area contributed by atoms with E-state index in [0.29, 0.717) is 0 Å². The zero-order chi connectivity index (χ0) is 14.7. The number of hydrogen-bond acceptors (Lipinski definition) is 4. The number of rotatable bonds is 4. The molecule has 0 bridgehead atoms. The number of pyridine rings is 1. The summed E-state index contributed by atoms with van der Waals surface area (Å²) in [6, 6.07) is 0.826. The average Bonchev–Trinajstić information content (AvgIpc) is 2.82. The highest BCUT2D eigenvalue weighted by Gasteiger charge is 2.14. The average molecular weight is 304 g/mol.